The minimum Gasteiger partial charge on any atom is -0.506 e. The van der Waals surface area contributed by atoms with Crippen molar-refractivity contribution in [2.75, 3.05) is 19.0 Å². The molecule has 2 aromatic heterocycles. The fraction of sp³-hybridized carbons (Fsp3) is 0.222. The van der Waals surface area contributed by atoms with E-state index in [0.717, 1.165) is 0 Å². The van der Waals surface area contributed by atoms with E-state index in [0.29, 0.717) is 16.7 Å². The smallest absolute Gasteiger partial charge is 0.256 e. The molecule has 1 aromatic carbocycles. The van der Waals surface area contributed by atoms with E-state index in [-0.39, 0.29) is 23.2 Å². The molecule has 1 aliphatic heterocycles. The normalized spacial score (nSPS) is 19.1. The van der Waals surface area contributed by atoms with Crippen LogP contribution in [0.5, 0.6) is 0 Å². The van der Waals surface area contributed by atoms with Crippen LogP contribution in [-0.2, 0) is 9.47 Å². The topological polar surface area (TPSA) is 132 Å². The molecule has 0 radical (unpaired) electrons. The van der Waals surface area contributed by atoms with Crippen LogP contribution in [-0.4, -0.2) is 55.5 Å². The Bertz CT molecular complexity index is 1050. The standard InChI is InChI=1S/C18H17N5O5/c1-27-14-13(25)11(7-24)28-18(14)23-9-21-12-15(19-8-20-16(12)23)22-17(26)10-5-3-2-4-6-10/h2-6,8-9,14,18,24-25H,7H2,1H3,(H,19,20,22,26)/t14-,18?/m0/s1. The molecule has 4 rings (SSSR count). The van der Waals surface area contributed by atoms with Gasteiger partial charge in [-0.2, -0.15) is 0 Å². The summed E-state index contributed by atoms with van der Waals surface area (Å²) in [5, 5.41) is 22.2. The van der Waals surface area contributed by atoms with Gasteiger partial charge in [-0.25, -0.2) is 15.0 Å². The third-order valence-electron chi connectivity index (χ3n) is 4.38. The zero-order valence-electron chi connectivity index (χ0n) is 14.8. The van der Waals surface area contributed by atoms with Gasteiger partial charge in [0, 0.05) is 12.7 Å². The number of hydrogen-bond acceptors (Lipinski definition) is 8. The summed E-state index contributed by atoms with van der Waals surface area (Å²) in [5.74, 6) is -0.262. The molecule has 1 aliphatic rings. The number of hydrogen-bond donors (Lipinski definition) is 3. The van der Waals surface area contributed by atoms with Gasteiger partial charge in [0.1, 0.15) is 19.3 Å². The van der Waals surface area contributed by atoms with E-state index in [4.69, 9.17) is 9.47 Å². The zero-order valence-corrected chi connectivity index (χ0v) is 14.8. The second kappa shape index (κ2) is 7.25. The van der Waals surface area contributed by atoms with Crippen LogP contribution in [0, 0.1) is 0 Å². The number of aliphatic hydroxyl groups is 2. The largest absolute Gasteiger partial charge is 0.506 e. The minimum atomic E-state index is -0.836. The number of aliphatic hydroxyl groups excluding tert-OH is 2. The molecule has 0 saturated carbocycles. The van der Waals surface area contributed by atoms with E-state index in [1.807, 2.05) is 6.07 Å². The number of methoxy groups -OCH3 is 1. The predicted molar refractivity (Wildman–Crippen MR) is 97.4 cm³/mol. The Labute approximate surface area is 159 Å². The number of nitrogens with one attached hydrogen (secondary N) is 1. The number of carbonyl (C=O) groups excluding carboxylic acids is 1. The molecule has 2 atom stereocenters. The maximum atomic E-state index is 12.4. The van der Waals surface area contributed by atoms with Gasteiger partial charge in [-0.05, 0) is 12.1 Å². The van der Waals surface area contributed by atoms with E-state index < -0.39 is 18.9 Å². The number of benzene rings is 1. The molecule has 3 N–H and O–H groups in total. The van der Waals surface area contributed by atoms with Crippen LogP contribution < -0.4 is 5.32 Å². The van der Waals surface area contributed by atoms with Crippen LogP contribution in [0.2, 0.25) is 0 Å². The summed E-state index contributed by atoms with van der Waals surface area (Å²) in [5.41, 5.74) is 1.20. The minimum absolute atomic E-state index is 0.0189. The molecular weight excluding hydrogens is 366 g/mol. The van der Waals surface area contributed by atoms with E-state index >= 15 is 0 Å². The number of rotatable bonds is 5. The maximum Gasteiger partial charge on any atom is 0.256 e. The molecule has 0 saturated heterocycles. The highest BCUT2D eigenvalue weighted by atomic mass is 16.6. The van der Waals surface area contributed by atoms with Gasteiger partial charge < -0.3 is 25.0 Å². The summed E-state index contributed by atoms with van der Waals surface area (Å²) in [6, 6.07) is 8.72. The lowest BCUT2D eigenvalue weighted by atomic mass is 10.2. The molecule has 28 heavy (non-hydrogen) atoms. The summed E-state index contributed by atoms with van der Waals surface area (Å²) < 4.78 is 12.4. The van der Waals surface area contributed by atoms with Gasteiger partial charge >= 0.3 is 0 Å². The number of carbonyl (C=O) groups is 1. The second-order valence-corrected chi connectivity index (χ2v) is 6.00. The van der Waals surface area contributed by atoms with E-state index in [1.54, 1.807) is 28.8 Å². The van der Waals surface area contributed by atoms with Crippen molar-refractivity contribution in [3.05, 3.63) is 60.1 Å². The third-order valence-corrected chi connectivity index (χ3v) is 4.38. The number of ether oxygens (including phenoxy) is 2. The van der Waals surface area contributed by atoms with E-state index in [2.05, 4.69) is 20.3 Å². The summed E-state index contributed by atoms with van der Waals surface area (Å²) in [6.07, 6.45) is 1.08. The Kier molecular flexibility index (Phi) is 4.63. The van der Waals surface area contributed by atoms with Crippen LogP contribution in [0.25, 0.3) is 11.2 Å². The molecule has 0 aliphatic carbocycles. The lowest BCUT2D eigenvalue weighted by molar-refractivity contribution is -0.0329. The molecule has 144 valence electrons. The first-order chi connectivity index (χ1) is 13.6. The SMILES string of the molecule is CO[C@H]1C(O)=C(CO)OC1n1cnc2c(NC(=O)c3ccccc3)ncnc21. The van der Waals surface area contributed by atoms with Gasteiger partial charge in [0.05, 0.1) is 0 Å². The monoisotopic (exact) mass is 383 g/mol. The highest BCUT2D eigenvalue weighted by Gasteiger charge is 2.39. The van der Waals surface area contributed by atoms with Crippen molar-refractivity contribution in [3.63, 3.8) is 0 Å². The van der Waals surface area contributed by atoms with Gasteiger partial charge in [0.15, 0.2) is 34.6 Å². The summed E-state index contributed by atoms with van der Waals surface area (Å²) in [7, 11) is 1.41. The molecule has 1 unspecified atom stereocenters. The lowest BCUT2D eigenvalue weighted by Crippen LogP contribution is -2.24. The van der Waals surface area contributed by atoms with Crippen molar-refractivity contribution >= 4 is 22.9 Å². The molecule has 0 bridgehead atoms. The van der Waals surface area contributed by atoms with Gasteiger partial charge in [-0.3, -0.25) is 9.36 Å². The van der Waals surface area contributed by atoms with Crippen LogP contribution in [0.3, 0.4) is 0 Å². The van der Waals surface area contributed by atoms with Gasteiger partial charge in [-0.15, -0.1) is 0 Å². The average Bonchev–Trinajstić information content (AvgIpc) is 3.29. The van der Waals surface area contributed by atoms with Gasteiger partial charge in [0.25, 0.3) is 5.91 Å². The van der Waals surface area contributed by atoms with Crippen molar-refractivity contribution in [1.82, 2.24) is 19.5 Å². The fourth-order valence-corrected chi connectivity index (χ4v) is 3.01. The Hall–Kier alpha value is -3.50. The van der Waals surface area contributed by atoms with Crippen LogP contribution in [0.1, 0.15) is 16.6 Å². The molecular formula is C18H17N5O5. The highest BCUT2D eigenvalue weighted by Crippen LogP contribution is 2.35. The maximum absolute atomic E-state index is 12.4. The molecule has 10 nitrogen and oxygen atoms in total. The van der Waals surface area contributed by atoms with Gasteiger partial charge in [0.2, 0.25) is 6.23 Å². The van der Waals surface area contributed by atoms with Crippen molar-refractivity contribution in [2.45, 2.75) is 12.3 Å². The first kappa shape index (κ1) is 17.9. The highest BCUT2D eigenvalue weighted by molar-refractivity contribution is 6.06. The summed E-state index contributed by atoms with van der Waals surface area (Å²) in [6.45, 7) is -0.470. The number of fused-ring (bicyclic) bond motifs is 1. The molecule has 0 fully saturated rings. The third kappa shape index (κ3) is 2.94. The second-order valence-electron chi connectivity index (χ2n) is 6.00. The van der Waals surface area contributed by atoms with Crippen LogP contribution in [0.4, 0.5) is 5.82 Å². The van der Waals surface area contributed by atoms with Gasteiger partial charge in [-0.1, -0.05) is 18.2 Å². The summed E-state index contributed by atoms with van der Waals surface area (Å²) in [4.78, 5) is 25.0. The number of nitrogens with zero attached hydrogens (tertiary/aromatic N) is 4. The lowest BCUT2D eigenvalue weighted by Gasteiger charge is -2.19. The quantitative estimate of drug-likeness (QED) is 0.602. The Balaban J connectivity index is 1.67. The number of imidazole rings is 1. The van der Waals surface area contributed by atoms with Crippen LogP contribution in [0.15, 0.2) is 54.5 Å². The molecule has 1 amide bonds. The van der Waals surface area contributed by atoms with Crippen LogP contribution >= 0.6 is 0 Å². The number of anilines is 1. The Morgan fingerprint density at radius 2 is 2.07 bits per heavy atom. The van der Waals surface area contributed by atoms with Crippen molar-refractivity contribution in [2.24, 2.45) is 0 Å². The first-order valence-electron chi connectivity index (χ1n) is 8.40. The molecule has 3 aromatic rings. The van der Waals surface area contributed by atoms with Crippen molar-refractivity contribution in [1.29, 1.82) is 0 Å². The predicted octanol–water partition coefficient (Wildman–Crippen LogP) is 1.38. The number of aromatic nitrogens is 4. The van der Waals surface area contributed by atoms with E-state index in [9.17, 15) is 15.0 Å². The van der Waals surface area contributed by atoms with E-state index in [1.165, 1.54) is 19.8 Å². The molecule has 10 heteroatoms. The van der Waals surface area contributed by atoms with Crippen molar-refractivity contribution < 1.29 is 24.5 Å². The fourth-order valence-electron chi connectivity index (χ4n) is 3.01. The number of amides is 1. The summed E-state index contributed by atoms with van der Waals surface area (Å²) >= 11 is 0. The Morgan fingerprint density at radius 1 is 1.29 bits per heavy atom. The Morgan fingerprint density at radius 3 is 2.79 bits per heavy atom. The average molecular weight is 383 g/mol. The first-order valence-corrected chi connectivity index (χ1v) is 8.40. The molecule has 0 spiro atoms. The van der Waals surface area contributed by atoms with Crippen molar-refractivity contribution in [3.8, 4) is 0 Å². The molecule has 3 heterocycles. The zero-order chi connectivity index (χ0) is 19.7.